The van der Waals surface area contributed by atoms with Crippen LogP contribution in [0.25, 0.3) is 0 Å². The lowest BCUT2D eigenvalue weighted by Gasteiger charge is -2.17. The minimum atomic E-state index is -0.507. The van der Waals surface area contributed by atoms with Crippen molar-refractivity contribution in [3.63, 3.8) is 0 Å². The van der Waals surface area contributed by atoms with Gasteiger partial charge in [0.1, 0.15) is 29.9 Å². The average Bonchev–Trinajstić information content (AvgIpc) is 2.53. The maximum atomic E-state index is 11.7. The number of nitrogens with one attached hydrogen (secondary N) is 1. The molecule has 0 aliphatic rings. The Morgan fingerprint density at radius 2 is 1.67 bits per heavy atom. The number of benzene rings is 1. The summed E-state index contributed by atoms with van der Waals surface area (Å²) in [6.07, 6.45) is 0.917. The number of rotatable bonds is 9. The highest BCUT2D eigenvalue weighted by Gasteiger charge is 2.19. The summed E-state index contributed by atoms with van der Waals surface area (Å²) in [5, 5.41) is 3.09. The lowest BCUT2D eigenvalue weighted by atomic mass is 10.3. The molecule has 21 heavy (non-hydrogen) atoms. The molecule has 0 spiro atoms. The third kappa shape index (κ3) is 5.51. The standard InChI is InChI=1S/C15H23NO5/c1-5-6-16-14(15(17)20-4)10-21-13-8-11(18-2)7-12(9-13)19-3/h7-9,14,16H,5-6,10H2,1-4H3. The zero-order valence-electron chi connectivity index (χ0n) is 13.0. The smallest absolute Gasteiger partial charge is 0.326 e. The van der Waals surface area contributed by atoms with Gasteiger partial charge in [0.25, 0.3) is 0 Å². The molecule has 1 aromatic rings. The molecule has 0 aliphatic carbocycles. The van der Waals surface area contributed by atoms with E-state index in [1.54, 1.807) is 32.4 Å². The number of carbonyl (C=O) groups is 1. The first-order valence-corrected chi connectivity index (χ1v) is 6.81. The number of hydrogen-bond acceptors (Lipinski definition) is 6. The second-order valence-corrected chi connectivity index (χ2v) is 4.39. The monoisotopic (exact) mass is 297 g/mol. The highest BCUT2D eigenvalue weighted by atomic mass is 16.5. The van der Waals surface area contributed by atoms with Crippen LogP contribution in [0.4, 0.5) is 0 Å². The van der Waals surface area contributed by atoms with Gasteiger partial charge in [-0.3, -0.25) is 4.79 Å². The number of esters is 1. The molecule has 1 N–H and O–H groups in total. The van der Waals surface area contributed by atoms with Gasteiger partial charge in [-0.05, 0) is 13.0 Å². The van der Waals surface area contributed by atoms with Gasteiger partial charge in [0, 0.05) is 18.2 Å². The molecule has 0 heterocycles. The molecule has 0 aromatic heterocycles. The summed E-state index contributed by atoms with van der Waals surface area (Å²) in [6, 6.07) is 4.71. The second kappa shape index (κ2) is 9.07. The highest BCUT2D eigenvalue weighted by Crippen LogP contribution is 2.27. The molecule has 1 aromatic carbocycles. The Balaban J connectivity index is 2.72. The topological polar surface area (TPSA) is 66.0 Å². The van der Waals surface area contributed by atoms with Gasteiger partial charge in [-0.1, -0.05) is 6.92 Å². The fourth-order valence-corrected chi connectivity index (χ4v) is 1.72. The first-order chi connectivity index (χ1) is 10.1. The number of methoxy groups -OCH3 is 3. The van der Waals surface area contributed by atoms with Crippen molar-refractivity contribution in [1.29, 1.82) is 0 Å². The molecular formula is C15H23NO5. The van der Waals surface area contributed by atoms with Gasteiger partial charge in [-0.2, -0.15) is 0 Å². The van der Waals surface area contributed by atoms with E-state index >= 15 is 0 Å². The zero-order chi connectivity index (χ0) is 15.7. The van der Waals surface area contributed by atoms with Crippen LogP contribution in [-0.4, -0.2) is 46.5 Å². The minimum Gasteiger partial charge on any atom is -0.496 e. The molecule has 118 valence electrons. The predicted molar refractivity (Wildman–Crippen MR) is 79.1 cm³/mol. The molecule has 0 aliphatic heterocycles. The molecular weight excluding hydrogens is 274 g/mol. The van der Waals surface area contributed by atoms with Crippen molar-refractivity contribution in [3.05, 3.63) is 18.2 Å². The van der Waals surface area contributed by atoms with Crippen molar-refractivity contribution in [1.82, 2.24) is 5.32 Å². The summed E-state index contributed by atoms with van der Waals surface area (Å²) >= 11 is 0. The summed E-state index contributed by atoms with van der Waals surface area (Å²) in [5.74, 6) is 1.47. The minimum absolute atomic E-state index is 0.170. The average molecular weight is 297 g/mol. The van der Waals surface area contributed by atoms with Crippen LogP contribution in [0, 0.1) is 0 Å². The maximum Gasteiger partial charge on any atom is 0.326 e. The summed E-state index contributed by atoms with van der Waals surface area (Å²) in [6.45, 7) is 2.91. The van der Waals surface area contributed by atoms with Crippen LogP contribution in [0.15, 0.2) is 18.2 Å². The van der Waals surface area contributed by atoms with Crippen molar-refractivity contribution in [3.8, 4) is 17.2 Å². The molecule has 0 fully saturated rings. The third-order valence-corrected chi connectivity index (χ3v) is 2.87. The molecule has 0 saturated heterocycles. The molecule has 1 atom stereocenters. The Bertz CT molecular complexity index is 427. The lowest BCUT2D eigenvalue weighted by Crippen LogP contribution is -2.42. The van der Waals surface area contributed by atoms with E-state index in [4.69, 9.17) is 18.9 Å². The van der Waals surface area contributed by atoms with E-state index in [0.717, 1.165) is 6.42 Å². The van der Waals surface area contributed by atoms with Gasteiger partial charge in [-0.25, -0.2) is 0 Å². The van der Waals surface area contributed by atoms with Gasteiger partial charge >= 0.3 is 5.97 Å². The van der Waals surface area contributed by atoms with Gasteiger partial charge in [0.15, 0.2) is 0 Å². The summed E-state index contributed by atoms with van der Waals surface area (Å²) in [4.78, 5) is 11.7. The zero-order valence-corrected chi connectivity index (χ0v) is 13.0. The van der Waals surface area contributed by atoms with E-state index in [0.29, 0.717) is 23.8 Å². The third-order valence-electron chi connectivity index (χ3n) is 2.87. The highest BCUT2D eigenvalue weighted by molar-refractivity contribution is 5.75. The van der Waals surface area contributed by atoms with Gasteiger partial charge in [0.05, 0.1) is 21.3 Å². The summed E-state index contributed by atoms with van der Waals surface area (Å²) in [5.41, 5.74) is 0. The molecule has 6 heteroatoms. The fourth-order valence-electron chi connectivity index (χ4n) is 1.72. The maximum absolute atomic E-state index is 11.7. The summed E-state index contributed by atoms with van der Waals surface area (Å²) < 4.78 is 20.7. The van der Waals surface area contributed by atoms with Crippen LogP contribution in [0.1, 0.15) is 13.3 Å². The predicted octanol–water partition coefficient (Wildman–Crippen LogP) is 1.62. The number of hydrogen-bond donors (Lipinski definition) is 1. The van der Waals surface area contributed by atoms with E-state index in [1.165, 1.54) is 7.11 Å². The van der Waals surface area contributed by atoms with E-state index in [1.807, 2.05) is 6.92 Å². The first kappa shape index (κ1) is 17.1. The van der Waals surface area contributed by atoms with Crippen molar-refractivity contribution in [2.24, 2.45) is 0 Å². The number of ether oxygens (including phenoxy) is 4. The summed E-state index contributed by atoms with van der Waals surface area (Å²) in [7, 11) is 4.49. The Morgan fingerprint density at radius 1 is 1.10 bits per heavy atom. The van der Waals surface area contributed by atoms with Crippen molar-refractivity contribution in [2.75, 3.05) is 34.5 Å². The van der Waals surface area contributed by atoms with Crippen LogP contribution in [0.3, 0.4) is 0 Å². The van der Waals surface area contributed by atoms with Crippen LogP contribution in [0.5, 0.6) is 17.2 Å². The molecule has 6 nitrogen and oxygen atoms in total. The van der Waals surface area contributed by atoms with Crippen LogP contribution in [0.2, 0.25) is 0 Å². The van der Waals surface area contributed by atoms with Crippen molar-refractivity contribution >= 4 is 5.97 Å². The van der Waals surface area contributed by atoms with E-state index in [2.05, 4.69) is 5.32 Å². The van der Waals surface area contributed by atoms with E-state index in [9.17, 15) is 4.79 Å². The SMILES string of the molecule is CCCNC(COc1cc(OC)cc(OC)c1)C(=O)OC. The van der Waals surface area contributed by atoms with Crippen molar-refractivity contribution in [2.45, 2.75) is 19.4 Å². The van der Waals surface area contributed by atoms with E-state index in [-0.39, 0.29) is 12.6 Å². The van der Waals surface area contributed by atoms with Gasteiger partial charge in [0.2, 0.25) is 0 Å². The van der Waals surface area contributed by atoms with Crippen LogP contribution in [-0.2, 0) is 9.53 Å². The molecule has 0 saturated carbocycles. The Hall–Kier alpha value is -1.95. The van der Waals surface area contributed by atoms with Crippen molar-refractivity contribution < 1.29 is 23.7 Å². The Labute approximate surface area is 125 Å². The molecule has 0 amide bonds. The normalized spacial score (nSPS) is 11.6. The Kier molecular flexibility index (Phi) is 7.39. The largest absolute Gasteiger partial charge is 0.496 e. The molecule has 0 radical (unpaired) electrons. The second-order valence-electron chi connectivity index (χ2n) is 4.39. The first-order valence-electron chi connectivity index (χ1n) is 6.81. The van der Waals surface area contributed by atoms with Crippen LogP contribution >= 0.6 is 0 Å². The number of carbonyl (C=O) groups excluding carboxylic acids is 1. The van der Waals surface area contributed by atoms with Gasteiger partial charge in [-0.15, -0.1) is 0 Å². The lowest BCUT2D eigenvalue weighted by molar-refractivity contribution is -0.143. The fraction of sp³-hybridized carbons (Fsp3) is 0.533. The van der Waals surface area contributed by atoms with E-state index < -0.39 is 6.04 Å². The van der Waals surface area contributed by atoms with Crippen LogP contribution < -0.4 is 19.5 Å². The quantitative estimate of drug-likeness (QED) is 0.699. The molecule has 1 unspecified atom stereocenters. The molecule has 1 rings (SSSR count). The van der Waals surface area contributed by atoms with Gasteiger partial charge < -0.3 is 24.3 Å². The molecule has 0 bridgehead atoms. The Morgan fingerprint density at radius 3 is 2.14 bits per heavy atom.